The summed E-state index contributed by atoms with van der Waals surface area (Å²) >= 11 is 0. The third kappa shape index (κ3) is 73.8. The SMILES string of the molecule is CCCCC/C=C\C/C=C\C/C=C\C/C=C\CCCC(=O)OC[C@H](COP(=O)(O)OC[C@H](O)COP(=O)(O)OC[C@@H](COC(=O)CCCCCCC/C=C\C/C=C\CCCCC)OC(=O)CCCCCCC/C=C\C/C=C\CCCCC)OC(=O)CCCCCCC/C=C\C/C=C\CCCCC. The Kier molecular flexibility index (Phi) is 71.4. The molecule has 0 aliphatic heterocycles. The van der Waals surface area contributed by atoms with E-state index in [-0.39, 0.29) is 25.7 Å². The molecule has 0 aliphatic carbocycles. The Morgan fingerprint density at radius 3 is 0.775 bits per heavy atom. The molecule has 0 saturated carbocycles. The average Bonchev–Trinajstić information content (AvgIpc) is 0.923. The predicted molar refractivity (Wildman–Crippen MR) is 418 cm³/mol. The van der Waals surface area contributed by atoms with Crippen molar-refractivity contribution in [2.45, 2.75) is 341 Å². The minimum Gasteiger partial charge on any atom is -0.462 e. The summed E-state index contributed by atoms with van der Waals surface area (Å²) in [6, 6.07) is 0. The number of rotatable bonds is 74. The van der Waals surface area contributed by atoms with Crippen molar-refractivity contribution in [2.24, 2.45) is 0 Å². The molecule has 0 fully saturated rings. The van der Waals surface area contributed by atoms with Crippen molar-refractivity contribution in [1.29, 1.82) is 0 Å². The summed E-state index contributed by atoms with van der Waals surface area (Å²) in [4.78, 5) is 73.0. The summed E-state index contributed by atoms with van der Waals surface area (Å²) in [6.07, 6.45) is 81.8. The average molecular weight is 1470 g/mol. The van der Waals surface area contributed by atoms with Gasteiger partial charge in [0.25, 0.3) is 0 Å². The van der Waals surface area contributed by atoms with Gasteiger partial charge < -0.3 is 33.8 Å². The first kappa shape index (κ1) is 97.5. The Bertz CT molecular complexity index is 2410. The van der Waals surface area contributed by atoms with Gasteiger partial charge in [0.2, 0.25) is 0 Å². The highest BCUT2D eigenvalue weighted by Gasteiger charge is 2.30. The number of unbranched alkanes of at least 4 members (excludes halogenated alkanes) is 28. The minimum absolute atomic E-state index is 0.0648. The highest BCUT2D eigenvalue weighted by molar-refractivity contribution is 7.47. The van der Waals surface area contributed by atoms with Gasteiger partial charge in [-0.25, -0.2) is 9.13 Å². The fraction of sp³-hybridized carbons (Fsp3) is 0.711. The monoisotopic (exact) mass is 1470 g/mol. The molecule has 0 radical (unpaired) electrons. The third-order valence-corrected chi connectivity index (χ3v) is 18.3. The number of phosphoric ester groups is 2. The van der Waals surface area contributed by atoms with E-state index in [0.29, 0.717) is 32.1 Å². The molecule has 2 unspecified atom stereocenters. The van der Waals surface area contributed by atoms with Gasteiger partial charge in [-0.2, -0.15) is 0 Å². The Hall–Kier alpha value is -4.54. The van der Waals surface area contributed by atoms with Crippen molar-refractivity contribution in [3.05, 3.63) is 122 Å². The molecule has 19 heteroatoms. The zero-order valence-corrected chi connectivity index (χ0v) is 65.8. The number of ether oxygens (including phenoxy) is 4. The molecule has 0 aromatic rings. The normalized spacial score (nSPS) is 14.5. The highest BCUT2D eigenvalue weighted by atomic mass is 31.2. The lowest BCUT2D eigenvalue weighted by Gasteiger charge is -2.21. The van der Waals surface area contributed by atoms with Crippen LogP contribution in [-0.4, -0.2) is 96.7 Å². The molecule has 5 atom stereocenters. The van der Waals surface area contributed by atoms with Gasteiger partial charge in [0, 0.05) is 25.7 Å². The molecule has 0 bridgehead atoms. The molecule has 17 nitrogen and oxygen atoms in total. The van der Waals surface area contributed by atoms with Crippen LogP contribution in [0.2, 0.25) is 0 Å². The lowest BCUT2D eigenvalue weighted by Crippen LogP contribution is -2.30. The standard InChI is InChI=1S/C83H142O17P2/c1-5-9-13-17-21-25-29-33-37-38-42-44-48-52-56-60-64-68-81(86)94-74-79(100-83(88)70-66-62-58-54-50-46-41-36-32-28-24-20-16-12-8-4)76-98-102(91,92)96-72-77(84)71-95-101(89,90)97-75-78(99-82(87)69-65-61-57-53-49-45-40-35-31-27-23-19-15-11-7-3)73-93-80(85)67-63-59-55-51-47-43-39-34-30-26-22-18-14-10-6-2/h21-28,33-37,39-42,44,52,56,77-79,84H,5-20,29-32,38,43,45-51,53-55,57-76H2,1-4H3,(H,89,90)(H,91,92)/b25-21-,26-22-,27-23-,28-24-,37-33-,39-34-,40-35-,41-36-,44-42-,56-52-/t77-,78-,79-/m1/s1. The Morgan fingerprint density at radius 2 is 0.490 bits per heavy atom. The van der Waals surface area contributed by atoms with Crippen LogP contribution in [0.1, 0.15) is 323 Å². The van der Waals surface area contributed by atoms with Crippen LogP contribution in [0.15, 0.2) is 122 Å². The number of allylic oxidation sites excluding steroid dienone is 20. The molecule has 0 spiro atoms. The number of aliphatic hydroxyl groups is 1. The zero-order chi connectivity index (χ0) is 74.6. The minimum atomic E-state index is -5.00. The maximum atomic E-state index is 13.1. The largest absolute Gasteiger partial charge is 0.472 e. The number of carbonyl (C=O) groups is 4. The van der Waals surface area contributed by atoms with Crippen LogP contribution in [0, 0.1) is 0 Å². The maximum absolute atomic E-state index is 13.1. The van der Waals surface area contributed by atoms with Crippen molar-refractivity contribution in [1.82, 2.24) is 0 Å². The second-order valence-corrected chi connectivity index (χ2v) is 29.2. The molecule has 0 amide bonds. The molecule has 0 aromatic heterocycles. The Balaban J connectivity index is 5.44. The van der Waals surface area contributed by atoms with Gasteiger partial charge in [-0.1, -0.05) is 258 Å². The van der Waals surface area contributed by atoms with E-state index in [2.05, 4.69) is 137 Å². The smallest absolute Gasteiger partial charge is 0.462 e. The van der Waals surface area contributed by atoms with Crippen molar-refractivity contribution in [3.8, 4) is 0 Å². The molecule has 102 heavy (non-hydrogen) atoms. The number of carbonyl (C=O) groups excluding carboxylic acids is 4. The lowest BCUT2D eigenvalue weighted by atomic mass is 10.1. The number of hydrogen-bond acceptors (Lipinski definition) is 15. The fourth-order valence-electron chi connectivity index (χ4n) is 10.2. The van der Waals surface area contributed by atoms with Crippen LogP contribution in [0.25, 0.3) is 0 Å². The second kappa shape index (κ2) is 74.7. The molecule has 0 aromatic carbocycles. The van der Waals surface area contributed by atoms with E-state index in [4.69, 9.17) is 37.0 Å². The van der Waals surface area contributed by atoms with Gasteiger partial charge in [0.05, 0.1) is 26.4 Å². The summed E-state index contributed by atoms with van der Waals surface area (Å²) in [5.41, 5.74) is 0. The Morgan fingerprint density at radius 1 is 0.275 bits per heavy atom. The first-order chi connectivity index (χ1) is 49.7. The quantitative estimate of drug-likeness (QED) is 0.0169. The van der Waals surface area contributed by atoms with Gasteiger partial charge in [0.1, 0.15) is 19.3 Å². The van der Waals surface area contributed by atoms with E-state index in [1.54, 1.807) is 0 Å². The summed E-state index contributed by atoms with van der Waals surface area (Å²) in [5, 5.41) is 10.6. The molecule has 0 saturated heterocycles. The molecule has 0 heterocycles. The summed E-state index contributed by atoms with van der Waals surface area (Å²) in [5.74, 6) is -2.28. The topological polar surface area (TPSA) is 237 Å². The van der Waals surface area contributed by atoms with Gasteiger partial charge in [0.15, 0.2) is 12.2 Å². The van der Waals surface area contributed by atoms with Gasteiger partial charge in [-0.05, 0) is 161 Å². The molecule has 586 valence electrons. The molecular formula is C83H142O17P2. The van der Waals surface area contributed by atoms with E-state index >= 15 is 0 Å². The van der Waals surface area contributed by atoms with E-state index < -0.39 is 97.5 Å². The van der Waals surface area contributed by atoms with Crippen molar-refractivity contribution >= 4 is 39.5 Å². The van der Waals surface area contributed by atoms with Gasteiger partial charge >= 0.3 is 39.5 Å². The fourth-order valence-corrected chi connectivity index (χ4v) is 11.8. The molecular weight excluding hydrogens is 1330 g/mol. The number of phosphoric acid groups is 2. The van der Waals surface area contributed by atoms with Crippen LogP contribution in [0.5, 0.6) is 0 Å². The van der Waals surface area contributed by atoms with E-state index in [9.17, 15) is 43.2 Å². The molecule has 0 aliphatic rings. The van der Waals surface area contributed by atoms with Gasteiger partial charge in [-0.15, -0.1) is 0 Å². The van der Waals surface area contributed by atoms with E-state index in [0.717, 1.165) is 161 Å². The van der Waals surface area contributed by atoms with Crippen molar-refractivity contribution in [3.63, 3.8) is 0 Å². The Labute approximate surface area is 619 Å². The van der Waals surface area contributed by atoms with Crippen molar-refractivity contribution < 1.29 is 80.2 Å². The summed E-state index contributed by atoms with van der Waals surface area (Å²) in [7, 11) is -9.98. The number of aliphatic hydroxyl groups excluding tert-OH is 1. The highest BCUT2D eigenvalue weighted by Crippen LogP contribution is 2.45. The lowest BCUT2D eigenvalue weighted by molar-refractivity contribution is -0.161. The van der Waals surface area contributed by atoms with Crippen LogP contribution in [0.3, 0.4) is 0 Å². The maximum Gasteiger partial charge on any atom is 0.472 e. The van der Waals surface area contributed by atoms with Crippen LogP contribution in [-0.2, 0) is 65.4 Å². The summed E-state index contributed by atoms with van der Waals surface area (Å²) in [6.45, 7) is 4.67. The number of esters is 4. The first-order valence-electron chi connectivity index (χ1n) is 39.8. The molecule has 3 N–H and O–H groups in total. The van der Waals surface area contributed by atoms with Crippen molar-refractivity contribution in [2.75, 3.05) is 39.6 Å². The second-order valence-electron chi connectivity index (χ2n) is 26.3. The van der Waals surface area contributed by atoms with Crippen LogP contribution >= 0.6 is 15.6 Å². The van der Waals surface area contributed by atoms with Crippen LogP contribution in [0.4, 0.5) is 0 Å². The zero-order valence-electron chi connectivity index (χ0n) is 64.0. The van der Waals surface area contributed by atoms with E-state index in [1.165, 1.54) is 77.0 Å². The third-order valence-electron chi connectivity index (χ3n) is 16.4. The van der Waals surface area contributed by atoms with Crippen LogP contribution < -0.4 is 0 Å². The number of hydrogen-bond donors (Lipinski definition) is 3. The first-order valence-corrected chi connectivity index (χ1v) is 42.8. The van der Waals surface area contributed by atoms with Gasteiger partial charge in [-0.3, -0.25) is 37.3 Å². The van der Waals surface area contributed by atoms with E-state index in [1.807, 2.05) is 12.2 Å². The summed E-state index contributed by atoms with van der Waals surface area (Å²) < 4.78 is 68.5. The molecule has 0 rings (SSSR count). The predicted octanol–water partition coefficient (Wildman–Crippen LogP) is 23.1.